The summed E-state index contributed by atoms with van der Waals surface area (Å²) in [6.07, 6.45) is 8.16. The average molecular weight is 339 g/mol. The zero-order valence-electron chi connectivity index (χ0n) is 14.5. The number of nitrogens with zero attached hydrogens (tertiary/aromatic N) is 2. The third-order valence-electron chi connectivity index (χ3n) is 5.55. The molecule has 0 radical (unpaired) electrons. The number of nitrogens with one attached hydrogen (secondary N) is 1. The van der Waals surface area contributed by atoms with Gasteiger partial charge in [0, 0.05) is 25.3 Å². The molecular formula is C20H25N3O2. The highest BCUT2D eigenvalue weighted by Crippen LogP contribution is 2.35. The lowest BCUT2D eigenvalue weighted by Gasteiger charge is -2.11. The fraction of sp³-hybridized carbons (Fsp3) is 0.550. The van der Waals surface area contributed by atoms with E-state index in [1.165, 1.54) is 24.0 Å². The number of hydrogen-bond donors (Lipinski definition) is 1. The maximum atomic E-state index is 12.2. The minimum absolute atomic E-state index is 0.112. The molecule has 1 N–H and O–H groups in total. The quantitative estimate of drug-likeness (QED) is 0.874. The second-order valence-corrected chi connectivity index (χ2v) is 7.27. The summed E-state index contributed by atoms with van der Waals surface area (Å²) in [6.45, 7) is 0.566. The first-order valence-electron chi connectivity index (χ1n) is 9.46. The molecular weight excluding hydrogens is 314 g/mol. The summed E-state index contributed by atoms with van der Waals surface area (Å²) in [5.41, 5.74) is 2.74. The van der Waals surface area contributed by atoms with Crippen LogP contribution in [0.2, 0.25) is 0 Å². The summed E-state index contributed by atoms with van der Waals surface area (Å²) in [5, 5.41) is 7.06. The van der Waals surface area contributed by atoms with Crippen molar-refractivity contribution in [2.45, 2.75) is 63.2 Å². The third-order valence-corrected chi connectivity index (χ3v) is 5.55. The lowest BCUT2D eigenvalue weighted by Crippen LogP contribution is -2.27. The highest BCUT2D eigenvalue weighted by atomic mass is 16.5. The van der Waals surface area contributed by atoms with Crippen molar-refractivity contribution in [3.63, 3.8) is 0 Å². The minimum Gasteiger partial charge on any atom is -0.356 e. The Bertz CT molecular complexity index is 734. The number of fused-ring (bicyclic) bond motifs is 1. The monoisotopic (exact) mass is 339 g/mol. The smallest absolute Gasteiger partial charge is 0.229 e. The van der Waals surface area contributed by atoms with Gasteiger partial charge in [0.1, 0.15) is 0 Å². The SMILES string of the molecule is O=C(C[C@@H]1CCc2ccccc21)NCCc1noc(C2CCCC2)n1. The van der Waals surface area contributed by atoms with E-state index in [9.17, 15) is 4.79 Å². The maximum Gasteiger partial charge on any atom is 0.229 e. The van der Waals surface area contributed by atoms with Gasteiger partial charge in [-0.1, -0.05) is 42.3 Å². The van der Waals surface area contributed by atoms with Crippen LogP contribution in [0, 0.1) is 0 Å². The Morgan fingerprint density at radius 2 is 2.04 bits per heavy atom. The zero-order valence-corrected chi connectivity index (χ0v) is 14.5. The van der Waals surface area contributed by atoms with Gasteiger partial charge in [-0.3, -0.25) is 4.79 Å². The highest BCUT2D eigenvalue weighted by Gasteiger charge is 2.24. The van der Waals surface area contributed by atoms with Crippen molar-refractivity contribution < 1.29 is 9.32 Å². The van der Waals surface area contributed by atoms with Gasteiger partial charge in [0.25, 0.3) is 0 Å². The van der Waals surface area contributed by atoms with Crippen LogP contribution in [-0.2, 0) is 17.6 Å². The summed E-state index contributed by atoms with van der Waals surface area (Å²) >= 11 is 0. The molecule has 5 nitrogen and oxygen atoms in total. The first-order chi connectivity index (χ1) is 12.3. The second-order valence-electron chi connectivity index (χ2n) is 7.27. The number of aromatic nitrogens is 2. The predicted molar refractivity (Wildman–Crippen MR) is 94.3 cm³/mol. The van der Waals surface area contributed by atoms with Crippen molar-refractivity contribution in [1.29, 1.82) is 0 Å². The summed E-state index contributed by atoms with van der Waals surface area (Å²) in [7, 11) is 0. The van der Waals surface area contributed by atoms with Crippen LogP contribution in [0.25, 0.3) is 0 Å². The fourth-order valence-corrected chi connectivity index (χ4v) is 4.17. The number of carbonyl (C=O) groups is 1. The molecule has 1 fully saturated rings. The van der Waals surface area contributed by atoms with Crippen molar-refractivity contribution in [3.05, 3.63) is 47.1 Å². The van der Waals surface area contributed by atoms with Crippen molar-refractivity contribution in [1.82, 2.24) is 15.5 Å². The molecule has 1 amide bonds. The van der Waals surface area contributed by atoms with Crippen LogP contribution in [0.1, 0.15) is 73.2 Å². The van der Waals surface area contributed by atoms with Gasteiger partial charge in [0.2, 0.25) is 11.8 Å². The van der Waals surface area contributed by atoms with E-state index in [1.54, 1.807) is 0 Å². The van der Waals surface area contributed by atoms with Crippen molar-refractivity contribution >= 4 is 5.91 Å². The van der Waals surface area contributed by atoms with Crippen LogP contribution in [0.4, 0.5) is 0 Å². The molecule has 2 aliphatic rings. The molecule has 1 aromatic heterocycles. The van der Waals surface area contributed by atoms with Gasteiger partial charge in [0.15, 0.2) is 5.82 Å². The van der Waals surface area contributed by atoms with E-state index in [0.717, 1.165) is 31.6 Å². The van der Waals surface area contributed by atoms with Gasteiger partial charge in [0.05, 0.1) is 0 Å². The Balaban J connectivity index is 1.23. The van der Waals surface area contributed by atoms with Crippen LogP contribution in [0.3, 0.4) is 0 Å². The highest BCUT2D eigenvalue weighted by molar-refractivity contribution is 5.77. The first-order valence-corrected chi connectivity index (χ1v) is 9.46. The molecule has 2 aromatic rings. The Hall–Kier alpha value is -2.17. The number of aryl methyl sites for hydroxylation is 1. The number of benzene rings is 1. The lowest BCUT2D eigenvalue weighted by molar-refractivity contribution is -0.121. The molecule has 4 rings (SSSR count). The van der Waals surface area contributed by atoms with Crippen LogP contribution in [-0.4, -0.2) is 22.6 Å². The molecule has 0 saturated heterocycles. The Morgan fingerprint density at radius 1 is 1.20 bits per heavy atom. The topological polar surface area (TPSA) is 68.0 Å². The average Bonchev–Trinajstić information content (AvgIpc) is 3.35. The van der Waals surface area contributed by atoms with E-state index in [1.807, 2.05) is 0 Å². The zero-order chi connectivity index (χ0) is 17.1. The molecule has 5 heteroatoms. The van der Waals surface area contributed by atoms with Crippen molar-refractivity contribution in [3.8, 4) is 0 Å². The van der Waals surface area contributed by atoms with Crippen LogP contribution in [0.5, 0.6) is 0 Å². The molecule has 1 saturated carbocycles. The number of carbonyl (C=O) groups excluding carboxylic acids is 1. The first kappa shape index (κ1) is 16.3. The molecule has 1 heterocycles. The molecule has 1 aromatic carbocycles. The van der Waals surface area contributed by atoms with E-state index in [-0.39, 0.29) is 5.91 Å². The molecule has 0 bridgehead atoms. The minimum atomic E-state index is 0.112. The number of hydrogen-bond acceptors (Lipinski definition) is 4. The van der Waals surface area contributed by atoms with Crippen LogP contribution >= 0.6 is 0 Å². The summed E-state index contributed by atoms with van der Waals surface area (Å²) in [6, 6.07) is 8.47. The van der Waals surface area contributed by atoms with Gasteiger partial charge in [-0.25, -0.2) is 0 Å². The van der Waals surface area contributed by atoms with Crippen molar-refractivity contribution in [2.24, 2.45) is 0 Å². The van der Waals surface area contributed by atoms with Gasteiger partial charge < -0.3 is 9.84 Å². The molecule has 0 unspecified atom stereocenters. The van der Waals surface area contributed by atoms with E-state index in [4.69, 9.17) is 4.52 Å². The van der Waals surface area contributed by atoms with Gasteiger partial charge >= 0.3 is 0 Å². The normalized spacial score (nSPS) is 19.9. The Morgan fingerprint density at radius 3 is 2.92 bits per heavy atom. The number of rotatable bonds is 6. The van der Waals surface area contributed by atoms with Crippen LogP contribution in [0.15, 0.2) is 28.8 Å². The summed E-state index contributed by atoms with van der Waals surface area (Å²) in [4.78, 5) is 16.7. The molecule has 132 valence electrons. The van der Waals surface area contributed by atoms with Gasteiger partial charge in [-0.05, 0) is 42.7 Å². The van der Waals surface area contributed by atoms with Gasteiger partial charge in [-0.2, -0.15) is 4.98 Å². The van der Waals surface area contributed by atoms with E-state index < -0.39 is 0 Å². The Kier molecular flexibility index (Phi) is 4.81. The lowest BCUT2D eigenvalue weighted by atomic mass is 9.97. The second kappa shape index (κ2) is 7.38. The molecule has 25 heavy (non-hydrogen) atoms. The molecule has 1 atom stereocenters. The maximum absolute atomic E-state index is 12.2. The fourth-order valence-electron chi connectivity index (χ4n) is 4.17. The Labute approximate surface area is 148 Å². The van der Waals surface area contributed by atoms with E-state index >= 15 is 0 Å². The third kappa shape index (κ3) is 3.75. The molecule has 2 aliphatic carbocycles. The van der Waals surface area contributed by atoms with E-state index in [0.29, 0.717) is 37.0 Å². The van der Waals surface area contributed by atoms with Gasteiger partial charge in [-0.15, -0.1) is 0 Å². The van der Waals surface area contributed by atoms with E-state index in [2.05, 4.69) is 39.7 Å². The molecule has 0 aliphatic heterocycles. The predicted octanol–water partition coefficient (Wildman–Crippen LogP) is 3.51. The largest absolute Gasteiger partial charge is 0.356 e. The number of amides is 1. The summed E-state index contributed by atoms with van der Waals surface area (Å²) < 4.78 is 5.38. The van der Waals surface area contributed by atoms with Crippen molar-refractivity contribution in [2.75, 3.05) is 6.54 Å². The molecule has 0 spiro atoms. The van der Waals surface area contributed by atoms with Crippen LogP contribution < -0.4 is 5.32 Å². The standard InChI is InChI=1S/C20H25N3O2/c24-19(13-16-10-9-14-5-3-4-8-17(14)16)21-12-11-18-22-20(25-23-18)15-6-1-2-7-15/h3-5,8,15-16H,1-2,6-7,9-13H2,(H,21,24)/t16-/m0/s1. The summed E-state index contributed by atoms with van der Waals surface area (Å²) in [5.74, 6) is 2.39.